The van der Waals surface area contributed by atoms with E-state index in [2.05, 4.69) is 4.98 Å². The lowest BCUT2D eigenvalue weighted by Crippen LogP contribution is -2.59. The highest BCUT2D eigenvalue weighted by atomic mass is 19.4. The van der Waals surface area contributed by atoms with Gasteiger partial charge in [-0.1, -0.05) is 0 Å². The molecule has 154 valence electrons. The highest BCUT2D eigenvalue weighted by Crippen LogP contribution is 2.24. The van der Waals surface area contributed by atoms with Gasteiger partial charge in [0.05, 0.1) is 18.7 Å². The molecule has 0 spiro atoms. The second-order valence-electron chi connectivity index (χ2n) is 6.95. The minimum atomic E-state index is -4.39. The summed E-state index contributed by atoms with van der Waals surface area (Å²) in [5, 5.41) is 0. The minimum Gasteiger partial charge on any atom is -0.481 e. The van der Waals surface area contributed by atoms with Crippen LogP contribution < -0.4 is 4.74 Å². The van der Waals surface area contributed by atoms with Crippen molar-refractivity contribution in [2.45, 2.75) is 25.1 Å². The fourth-order valence-electron chi connectivity index (χ4n) is 3.68. The van der Waals surface area contributed by atoms with Gasteiger partial charge in [-0.05, 0) is 18.9 Å². The second kappa shape index (κ2) is 8.34. The van der Waals surface area contributed by atoms with Crippen LogP contribution in [0.15, 0.2) is 18.3 Å². The smallest absolute Gasteiger partial charge is 0.406 e. The molecule has 2 fully saturated rings. The van der Waals surface area contributed by atoms with Crippen LogP contribution in [0.4, 0.5) is 13.2 Å². The molecule has 1 aromatic heterocycles. The topological polar surface area (TPSA) is 66.0 Å². The molecule has 1 aromatic rings. The van der Waals surface area contributed by atoms with Gasteiger partial charge in [0.25, 0.3) is 5.91 Å². The van der Waals surface area contributed by atoms with E-state index in [9.17, 15) is 22.8 Å². The fourth-order valence-corrected chi connectivity index (χ4v) is 3.68. The van der Waals surface area contributed by atoms with Crippen molar-refractivity contribution < 1.29 is 27.5 Å². The first-order valence-corrected chi connectivity index (χ1v) is 9.17. The van der Waals surface area contributed by atoms with E-state index in [4.69, 9.17) is 4.74 Å². The number of hydrogen-bond acceptors (Lipinski definition) is 5. The number of rotatable bonds is 4. The second-order valence-corrected chi connectivity index (χ2v) is 6.95. The Bertz CT molecular complexity index is 703. The summed E-state index contributed by atoms with van der Waals surface area (Å²) in [6.45, 7) is 0.655. The number of ether oxygens (including phenoxy) is 1. The van der Waals surface area contributed by atoms with Crippen molar-refractivity contribution in [1.82, 2.24) is 19.7 Å². The Morgan fingerprint density at radius 1 is 1.21 bits per heavy atom. The summed E-state index contributed by atoms with van der Waals surface area (Å²) in [6.07, 6.45) is -1.85. The quantitative estimate of drug-likeness (QED) is 0.765. The molecule has 0 N–H and O–H groups in total. The summed E-state index contributed by atoms with van der Waals surface area (Å²) in [5.41, 5.74) is 0.444. The predicted octanol–water partition coefficient (Wildman–Crippen LogP) is 1.40. The lowest BCUT2D eigenvalue weighted by Gasteiger charge is -2.42. The van der Waals surface area contributed by atoms with Crippen LogP contribution in [0.2, 0.25) is 0 Å². The zero-order valence-electron chi connectivity index (χ0n) is 15.6. The van der Waals surface area contributed by atoms with Crippen LogP contribution in [-0.4, -0.2) is 90.1 Å². The summed E-state index contributed by atoms with van der Waals surface area (Å²) < 4.78 is 43.0. The lowest BCUT2D eigenvalue weighted by atomic mass is 10.0. The van der Waals surface area contributed by atoms with Gasteiger partial charge in [-0.25, -0.2) is 4.98 Å². The number of piperidine rings is 1. The van der Waals surface area contributed by atoms with Crippen molar-refractivity contribution >= 4 is 11.8 Å². The third-order valence-corrected chi connectivity index (χ3v) is 5.11. The Morgan fingerprint density at radius 2 is 1.93 bits per heavy atom. The average Bonchev–Trinajstić information content (AvgIpc) is 2.68. The van der Waals surface area contributed by atoms with E-state index < -0.39 is 24.7 Å². The highest BCUT2D eigenvalue weighted by molar-refractivity contribution is 5.94. The van der Waals surface area contributed by atoms with Gasteiger partial charge in [-0.2, -0.15) is 13.2 Å². The molecule has 7 nitrogen and oxygen atoms in total. The van der Waals surface area contributed by atoms with Crippen molar-refractivity contribution in [1.29, 1.82) is 0 Å². The molecule has 28 heavy (non-hydrogen) atoms. The minimum absolute atomic E-state index is 0.137. The van der Waals surface area contributed by atoms with Crippen LogP contribution in [0.25, 0.3) is 0 Å². The van der Waals surface area contributed by atoms with E-state index in [0.717, 1.165) is 4.90 Å². The average molecular weight is 400 g/mol. The Balaban J connectivity index is 1.57. The maximum Gasteiger partial charge on any atom is 0.406 e. The molecule has 0 aromatic carbocycles. The van der Waals surface area contributed by atoms with E-state index in [1.54, 1.807) is 17.0 Å². The summed E-state index contributed by atoms with van der Waals surface area (Å²) in [7, 11) is 1.49. The Kier molecular flexibility index (Phi) is 6.07. The molecule has 3 heterocycles. The number of carbonyl (C=O) groups excluding carboxylic acids is 2. The Labute approximate surface area is 161 Å². The van der Waals surface area contributed by atoms with Gasteiger partial charge in [0, 0.05) is 45.0 Å². The van der Waals surface area contributed by atoms with E-state index in [0.29, 0.717) is 50.5 Å². The number of piperazine rings is 1. The van der Waals surface area contributed by atoms with E-state index in [1.807, 2.05) is 4.90 Å². The van der Waals surface area contributed by atoms with Crippen LogP contribution in [0.1, 0.15) is 23.2 Å². The van der Waals surface area contributed by atoms with Gasteiger partial charge >= 0.3 is 6.18 Å². The number of methoxy groups -OCH3 is 1. The number of halogens is 3. The van der Waals surface area contributed by atoms with Crippen LogP contribution >= 0.6 is 0 Å². The number of carbonyl (C=O) groups is 2. The van der Waals surface area contributed by atoms with Gasteiger partial charge in [-0.3, -0.25) is 14.5 Å². The standard InChI is InChI=1S/C18H23F3N4O3/c1-28-15-5-4-13(11-22-15)16(26)24-9-7-23(8-10-24)14-3-2-6-25(17(14)27)12-18(19,20)21/h4-5,11,14H,2-3,6-10,12H2,1H3/t14-/m1/s1. The monoisotopic (exact) mass is 400 g/mol. The first-order valence-electron chi connectivity index (χ1n) is 9.17. The molecule has 2 aliphatic heterocycles. The van der Waals surface area contributed by atoms with Gasteiger partial charge in [-0.15, -0.1) is 0 Å². The summed E-state index contributed by atoms with van der Waals surface area (Å²) in [6, 6.07) is 2.70. The molecule has 2 saturated heterocycles. The molecule has 0 radical (unpaired) electrons. The van der Waals surface area contributed by atoms with Crippen molar-refractivity contribution in [3.8, 4) is 5.88 Å². The van der Waals surface area contributed by atoms with Gasteiger partial charge in [0.2, 0.25) is 11.8 Å². The van der Waals surface area contributed by atoms with Crippen molar-refractivity contribution in [3.05, 3.63) is 23.9 Å². The lowest BCUT2D eigenvalue weighted by molar-refractivity contribution is -0.168. The molecule has 0 aliphatic carbocycles. The molecule has 0 bridgehead atoms. The zero-order chi connectivity index (χ0) is 20.3. The molecule has 0 unspecified atom stereocenters. The predicted molar refractivity (Wildman–Crippen MR) is 93.9 cm³/mol. The first-order chi connectivity index (χ1) is 13.3. The first kappa shape index (κ1) is 20.4. The zero-order valence-corrected chi connectivity index (χ0v) is 15.6. The van der Waals surface area contributed by atoms with Crippen LogP contribution in [0.3, 0.4) is 0 Å². The molecule has 1 atom stereocenters. The number of aromatic nitrogens is 1. The summed E-state index contributed by atoms with van der Waals surface area (Å²) in [5.74, 6) is -0.216. The molecule has 2 aliphatic rings. The Hall–Kier alpha value is -2.36. The Morgan fingerprint density at radius 3 is 2.50 bits per heavy atom. The van der Waals surface area contributed by atoms with Gasteiger partial charge in [0.15, 0.2) is 0 Å². The summed E-state index contributed by atoms with van der Waals surface area (Å²) >= 11 is 0. The van der Waals surface area contributed by atoms with Crippen LogP contribution in [0.5, 0.6) is 5.88 Å². The molecule has 0 saturated carbocycles. The number of amides is 2. The third kappa shape index (κ3) is 4.73. The third-order valence-electron chi connectivity index (χ3n) is 5.11. The number of alkyl halides is 3. The van der Waals surface area contributed by atoms with E-state index in [-0.39, 0.29) is 12.5 Å². The van der Waals surface area contributed by atoms with Crippen LogP contribution in [0, 0.1) is 0 Å². The fraction of sp³-hybridized carbons (Fsp3) is 0.611. The maximum absolute atomic E-state index is 12.7. The maximum atomic E-state index is 12.7. The number of hydrogen-bond donors (Lipinski definition) is 0. The van der Waals surface area contributed by atoms with Gasteiger partial charge < -0.3 is 14.5 Å². The van der Waals surface area contributed by atoms with Crippen LogP contribution in [-0.2, 0) is 4.79 Å². The molecule has 10 heteroatoms. The molecular weight excluding hydrogens is 377 g/mol. The summed E-state index contributed by atoms with van der Waals surface area (Å²) in [4.78, 5) is 33.5. The largest absolute Gasteiger partial charge is 0.481 e. The van der Waals surface area contributed by atoms with Crippen molar-refractivity contribution in [3.63, 3.8) is 0 Å². The molecule has 3 rings (SSSR count). The van der Waals surface area contributed by atoms with E-state index in [1.165, 1.54) is 13.3 Å². The number of likely N-dealkylation sites (tertiary alicyclic amines) is 1. The number of pyridine rings is 1. The van der Waals surface area contributed by atoms with Crippen molar-refractivity contribution in [2.75, 3.05) is 46.4 Å². The molecule has 2 amide bonds. The van der Waals surface area contributed by atoms with Gasteiger partial charge in [0.1, 0.15) is 6.54 Å². The number of nitrogens with zero attached hydrogens (tertiary/aromatic N) is 4. The SMILES string of the molecule is COc1ccc(C(=O)N2CCN([C@@H]3CCCN(CC(F)(F)F)C3=O)CC2)cn1. The highest BCUT2D eigenvalue weighted by Gasteiger charge is 2.40. The molecular formula is C18H23F3N4O3. The normalized spacial score (nSPS) is 21.7. The van der Waals surface area contributed by atoms with E-state index >= 15 is 0 Å². The van der Waals surface area contributed by atoms with Crippen molar-refractivity contribution in [2.24, 2.45) is 0 Å².